The molecule has 0 N–H and O–H groups in total. The topological polar surface area (TPSA) is 33.2 Å². The summed E-state index contributed by atoms with van der Waals surface area (Å²) in [4.78, 5) is 17.1. The van der Waals surface area contributed by atoms with Gasteiger partial charge in [0, 0.05) is 31.9 Å². The lowest BCUT2D eigenvalue weighted by atomic mass is 10.2. The number of hydrogen-bond acceptors (Lipinski definition) is 2. The molecule has 3 nitrogen and oxygen atoms in total. The number of carbonyl (C=O) groups excluding carboxylic acids is 1. The summed E-state index contributed by atoms with van der Waals surface area (Å²) in [6.07, 6.45) is 2.57. The van der Waals surface area contributed by atoms with Crippen molar-refractivity contribution in [2.45, 2.75) is 6.42 Å². The molecule has 0 radical (unpaired) electrons. The third-order valence-electron chi connectivity index (χ3n) is 1.97. The fourth-order valence-electron chi connectivity index (χ4n) is 1.05. The Bertz CT molecular complexity index is 289. The Morgan fingerprint density at radius 3 is 2.93 bits per heavy atom. The van der Waals surface area contributed by atoms with E-state index < -0.39 is 0 Å². The average molecular weight is 257 g/mol. The van der Waals surface area contributed by atoms with Gasteiger partial charge in [-0.05, 0) is 12.1 Å². The third-order valence-corrected chi connectivity index (χ3v) is 2.45. The van der Waals surface area contributed by atoms with E-state index >= 15 is 0 Å². The van der Waals surface area contributed by atoms with Crippen molar-refractivity contribution in [3.8, 4) is 0 Å². The van der Waals surface area contributed by atoms with Gasteiger partial charge in [-0.3, -0.25) is 9.78 Å². The van der Waals surface area contributed by atoms with Crippen molar-refractivity contribution in [2.24, 2.45) is 0 Å². The Balaban J connectivity index is 2.38. The third kappa shape index (κ3) is 3.46. The number of alkyl halides is 1. The van der Waals surface area contributed by atoms with E-state index in [1.807, 2.05) is 18.2 Å². The minimum absolute atomic E-state index is 0.0981. The molecule has 0 unspecified atom stereocenters. The van der Waals surface area contributed by atoms with Gasteiger partial charge in [0.05, 0.1) is 5.33 Å². The van der Waals surface area contributed by atoms with Gasteiger partial charge in [0.1, 0.15) is 0 Å². The van der Waals surface area contributed by atoms with Gasteiger partial charge in [-0.2, -0.15) is 0 Å². The Morgan fingerprint density at radius 1 is 1.57 bits per heavy atom. The number of carbonyl (C=O) groups is 1. The van der Waals surface area contributed by atoms with Crippen molar-refractivity contribution in [1.29, 1.82) is 0 Å². The van der Waals surface area contributed by atoms with Gasteiger partial charge in [0.15, 0.2) is 0 Å². The highest BCUT2D eigenvalue weighted by Gasteiger charge is 2.05. The van der Waals surface area contributed by atoms with Gasteiger partial charge < -0.3 is 4.90 Å². The first kappa shape index (κ1) is 11.2. The van der Waals surface area contributed by atoms with Crippen LogP contribution in [0.4, 0.5) is 0 Å². The Labute approximate surface area is 92.3 Å². The maximum absolute atomic E-state index is 11.2. The molecule has 1 amide bonds. The van der Waals surface area contributed by atoms with E-state index in [1.54, 1.807) is 18.1 Å². The molecule has 0 saturated heterocycles. The largest absolute Gasteiger partial charge is 0.345 e. The van der Waals surface area contributed by atoms with Crippen LogP contribution in [-0.4, -0.2) is 34.7 Å². The number of amides is 1. The molecule has 1 aromatic heterocycles. The zero-order valence-electron chi connectivity index (χ0n) is 8.11. The molecule has 4 heteroatoms. The van der Waals surface area contributed by atoms with Crippen molar-refractivity contribution < 1.29 is 4.79 Å². The van der Waals surface area contributed by atoms with Crippen molar-refractivity contribution >= 4 is 21.8 Å². The number of aromatic nitrogens is 1. The lowest BCUT2D eigenvalue weighted by molar-refractivity contribution is -0.126. The molecule has 0 aromatic carbocycles. The molecular formula is C10H13BrN2O. The molecule has 14 heavy (non-hydrogen) atoms. The van der Waals surface area contributed by atoms with Gasteiger partial charge in [-0.15, -0.1) is 0 Å². The van der Waals surface area contributed by atoms with Crippen LogP contribution < -0.4 is 0 Å². The van der Waals surface area contributed by atoms with Crippen LogP contribution in [0.2, 0.25) is 0 Å². The standard InChI is InChI=1S/C10H13BrN2O/c1-13(10(14)8-11)7-5-9-4-2-3-6-12-9/h2-4,6H,5,7-8H2,1H3. The second kappa shape index (κ2) is 5.75. The molecule has 0 aliphatic heterocycles. The molecule has 1 aromatic rings. The first-order valence-corrected chi connectivity index (χ1v) is 5.56. The SMILES string of the molecule is CN(CCc1ccccn1)C(=O)CBr. The smallest absolute Gasteiger partial charge is 0.232 e. The zero-order valence-corrected chi connectivity index (χ0v) is 9.70. The van der Waals surface area contributed by atoms with Gasteiger partial charge in [-0.25, -0.2) is 0 Å². The summed E-state index contributed by atoms with van der Waals surface area (Å²) in [5.41, 5.74) is 1.02. The fourth-order valence-corrected chi connectivity index (χ4v) is 1.48. The van der Waals surface area contributed by atoms with Crippen molar-refractivity contribution in [1.82, 2.24) is 9.88 Å². The van der Waals surface area contributed by atoms with Crippen LogP contribution in [0.1, 0.15) is 5.69 Å². The second-order valence-electron chi connectivity index (χ2n) is 3.02. The van der Waals surface area contributed by atoms with Crippen molar-refractivity contribution in [3.05, 3.63) is 30.1 Å². The normalized spacial score (nSPS) is 9.86. The Kier molecular flexibility index (Phi) is 4.59. The van der Waals surface area contributed by atoms with Gasteiger partial charge >= 0.3 is 0 Å². The highest BCUT2D eigenvalue weighted by atomic mass is 79.9. The summed E-state index contributed by atoms with van der Waals surface area (Å²) in [6.45, 7) is 0.710. The van der Waals surface area contributed by atoms with E-state index in [0.29, 0.717) is 11.9 Å². The van der Waals surface area contributed by atoms with E-state index in [4.69, 9.17) is 0 Å². The number of halogens is 1. The first-order valence-electron chi connectivity index (χ1n) is 4.44. The number of rotatable bonds is 4. The molecule has 0 saturated carbocycles. The van der Waals surface area contributed by atoms with Crippen LogP contribution in [0.3, 0.4) is 0 Å². The highest BCUT2D eigenvalue weighted by molar-refractivity contribution is 9.09. The number of nitrogens with zero attached hydrogens (tertiary/aromatic N) is 2. The first-order chi connectivity index (χ1) is 6.74. The van der Waals surface area contributed by atoms with Crippen LogP contribution in [0, 0.1) is 0 Å². The van der Waals surface area contributed by atoms with Crippen LogP contribution in [-0.2, 0) is 11.2 Å². The summed E-state index contributed by atoms with van der Waals surface area (Å²) in [5.74, 6) is 0.0981. The second-order valence-corrected chi connectivity index (χ2v) is 3.58. The molecule has 0 spiro atoms. The van der Waals surface area contributed by atoms with Crippen LogP contribution in [0.5, 0.6) is 0 Å². The number of hydrogen-bond donors (Lipinski definition) is 0. The maximum atomic E-state index is 11.2. The van der Waals surface area contributed by atoms with E-state index in [1.165, 1.54) is 0 Å². The predicted octanol–water partition coefficient (Wildman–Crippen LogP) is 1.48. The summed E-state index contributed by atoms with van der Waals surface area (Å²) >= 11 is 3.13. The Morgan fingerprint density at radius 2 is 2.36 bits per heavy atom. The average Bonchev–Trinajstić information content (AvgIpc) is 2.26. The quantitative estimate of drug-likeness (QED) is 0.765. The minimum atomic E-state index is 0.0981. The molecule has 0 aliphatic rings. The highest BCUT2D eigenvalue weighted by Crippen LogP contribution is 1.97. The summed E-state index contributed by atoms with van der Waals surface area (Å²) in [6, 6.07) is 5.80. The summed E-state index contributed by atoms with van der Waals surface area (Å²) in [5, 5.41) is 0.381. The van der Waals surface area contributed by atoms with Crippen molar-refractivity contribution in [3.63, 3.8) is 0 Å². The molecule has 76 valence electrons. The van der Waals surface area contributed by atoms with Gasteiger partial charge in [0.2, 0.25) is 5.91 Å². The van der Waals surface area contributed by atoms with Crippen LogP contribution in [0.25, 0.3) is 0 Å². The number of likely N-dealkylation sites (N-methyl/N-ethyl adjacent to an activating group) is 1. The van der Waals surface area contributed by atoms with Crippen LogP contribution >= 0.6 is 15.9 Å². The summed E-state index contributed by atoms with van der Waals surface area (Å²) < 4.78 is 0. The van der Waals surface area contributed by atoms with Crippen molar-refractivity contribution in [2.75, 3.05) is 18.9 Å². The van der Waals surface area contributed by atoms with E-state index in [-0.39, 0.29) is 5.91 Å². The number of pyridine rings is 1. The van der Waals surface area contributed by atoms with Gasteiger partial charge in [0.25, 0.3) is 0 Å². The van der Waals surface area contributed by atoms with Crippen LogP contribution in [0.15, 0.2) is 24.4 Å². The van der Waals surface area contributed by atoms with E-state index in [0.717, 1.165) is 12.1 Å². The predicted molar refractivity (Wildman–Crippen MR) is 59.4 cm³/mol. The fraction of sp³-hybridized carbons (Fsp3) is 0.400. The molecular weight excluding hydrogens is 244 g/mol. The maximum Gasteiger partial charge on any atom is 0.232 e. The Hall–Kier alpha value is -0.900. The molecule has 1 heterocycles. The molecule has 0 fully saturated rings. The van der Waals surface area contributed by atoms with E-state index in [9.17, 15) is 4.79 Å². The minimum Gasteiger partial charge on any atom is -0.345 e. The van der Waals surface area contributed by atoms with E-state index in [2.05, 4.69) is 20.9 Å². The lowest BCUT2D eigenvalue weighted by Crippen LogP contribution is -2.29. The zero-order chi connectivity index (χ0) is 10.4. The molecule has 0 bridgehead atoms. The van der Waals surface area contributed by atoms with Gasteiger partial charge in [-0.1, -0.05) is 22.0 Å². The molecule has 0 aliphatic carbocycles. The molecule has 1 rings (SSSR count). The molecule has 0 atom stereocenters. The monoisotopic (exact) mass is 256 g/mol. The summed E-state index contributed by atoms with van der Waals surface area (Å²) in [7, 11) is 1.80. The lowest BCUT2D eigenvalue weighted by Gasteiger charge is -2.14.